The van der Waals surface area contributed by atoms with E-state index in [0.29, 0.717) is 5.69 Å². The summed E-state index contributed by atoms with van der Waals surface area (Å²) in [6, 6.07) is 10.00. The first-order valence-electron chi connectivity index (χ1n) is 9.84. The third kappa shape index (κ3) is 4.19. The van der Waals surface area contributed by atoms with Crippen LogP contribution in [0.25, 0.3) is 0 Å². The Bertz CT molecular complexity index is 780. The summed E-state index contributed by atoms with van der Waals surface area (Å²) in [5, 5.41) is 4.91. The Morgan fingerprint density at radius 2 is 1.78 bits per heavy atom. The summed E-state index contributed by atoms with van der Waals surface area (Å²) >= 11 is 5.98. The molecule has 4 rings (SSSR count). The predicted octanol–water partition coefficient (Wildman–Crippen LogP) is 3.45. The molecule has 0 aliphatic carbocycles. The van der Waals surface area contributed by atoms with E-state index in [1.165, 1.54) is 25.1 Å². The van der Waals surface area contributed by atoms with Crippen molar-refractivity contribution in [2.45, 2.75) is 25.8 Å². The minimum Gasteiger partial charge on any atom is -0.337 e. The van der Waals surface area contributed by atoms with Gasteiger partial charge in [-0.3, -0.25) is 14.4 Å². The van der Waals surface area contributed by atoms with E-state index in [4.69, 9.17) is 11.6 Å². The Morgan fingerprint density at radius 1 is 1.07 bits per heavy atom. The van der Waals surface area contributed by atoms with Crippen LogP contribution in [0.15, 0.2) is 36.5 Å². The van der Waals surface area contributed by atoms with E-state index in [1.54, 1.807) is 16.9 Å². The second kappa shape index (κ2) is 8.03. The summed E-state index contributed by atoms with van der Waals surface area (Å²) in [5.74, 6) is 1.60. The number of benzene rings is 1. The lowest BCUT2D eigenvalue weighted by molar-refractivity contribution is 0.0648. The smallest absolute Gasteiger partial charge is 0.272 e. The van der Waals surface area contributed by atoms with E-state index in [1.807, 2.05) is 24.1 Å². The second-order valence-electron chi connectivity index (χ2n) is 7.88. The zero-order valence-electron chi connectivity index (χ0n) is 15.9. The van der Waals surface area contributed by atoms with Crippen molar-refractivity contribution in [1.82, 2.24) is 19.6 Å². The number of amides is 1. The molecule has 2 fully saturated rings. The average molecular weight is 387 g/mol. The number of piperidine rings is 1. The number of aromatic nitrogens is 2. The van der Waals surface area contributed by atoms with E-state index in [0.717, 1.165) is 49.3 Å². The fourth-order valence-corrected chi connectivity index (χ4v) is 4.68. The van der Waals surface area contributed by atoms with Gasteiger partial charge in [-0.1, -0.05) is 23.7 Å². The van der Waals surface area contributed by atoms with Gasteiger partial charge in [0.1, 0.15) is 5.69 Å². The van der Waals surface area contributed by atoms with Crippen molar-refractivity contribution in [2.24, 2.45) is 18.9 Å². The Kier molecular flexibility index (Phi) is 5.50. The molecule has 1 aromatic heterocycles. The highest BCUT2D eigenvalue weighted by Crippen LogP contribution is 2.32. The Labute approximate surface area is 165 Å². The third-order valence-corrected chi connectivity index (χ3v) is 6.41. The number of nitrogens with zero attached hydrogens (tertiary/aromatic N) is 4. The molecule has 0 N–H and O–H groups in total. The van der Waals surface area contributed by atoms with E-state index in [-0.39, 0.29) is 5.91 Å². The van der Waals surface area contributed by atoms with Gasteiger partial charge in [0.05, 0.1) is 0 Å². The highest BCUT2D eigenvalue weighted by molar-refractivity contribution is 6.30. The number of hydrogen-bond donors (Lipinski definition) is 0. The van der Waals surface area contributed by atoms with Crippen LogP contribution in [0.2, 0.25) is 5.02 Å². The quantitative estimate of drug-likeness (QED) is 0.808. The number of carbonyl (C=O) groups is 1. The lowest BCUT2D eigenvalue weighted by Crippen LogP contribution is -2.41. The monoisotopic (exact) mass is 386 g/mol. The van der Waals surface area contributed by atoms with Crippen LogP contribution in [0.4, 0.5) is 0 Å². The molecule has 1 aromatic carbocycles. The summed E-state index contributed by atoms with van der Waals surface area (Å²) in [7, 11) is 1.83. The number of aryl methyl sites for hydroxylation is 1. The molecule has 1 atom stereocenters. The summed E-state index contributed by atoms with van der Waals surface area (Å²) in [6.45, 7) is 5.07. The number of halogens is 1. The van der Waals surface area contributed by atoms with Gasteiger partial charge >= 0.3 is 0 Å². The first kappa shape index (κ1) is 18.5. The van der Waals surface area contributed by atoms with Crippen LogP contribution in [0.1, 0.15) is 35.3 Å². The number of rotatable bonds is 4. The molecule has 144 valence electrons. The van der Waals surface area contributed by atoms with Crippen LogP contribution in [-0.2, 0) is 13.6 Å². The molecule has 2 aliphatic rings. The maximum absolute atomic E-state index is 12.6. The molecule has 0 saturated carbocycles. The summed E-state index contributed by atoms with van der Waals surface area (Å²) in [5.41, 5.74) is 2.01. The number of likely N-dealkylation sites (tertiary alicyclic amines) is 2. The highest BCUT2D eigenvalue weighted by Gasteiger charge is 2.33. The summed E-state index contributed by atoms with van der Waals surface area (Å²) in [4.78, 5) is 17.2. The van der Waals surface area contributed by atoms with E-state index < -0.39 is 0 Å². The van der Waals surface area contributed by atoms with E-state index in [9.17, 15) is 4.79 Å². The van der Waals surface area contributed by atoms with Crippen LogP contribution in [0.3, 0.4) is 0 Å². The number of carbonyl (C=O) groups excluding carboxylic acids is 1. The van der Waals surface area contributed by atoms with Crippen LogP contribution >= 0.6 is 11.6 Å². The topological polar surface area (TPSA) is 41.4 Å². The summed E-state index contributed by atoms with van der Waals surface area (Å²) < 4.78 is 1.67. The van der Waals surface area contributed by atoms with Gasteiger partial charge in [-0.25, -0.2) is 0 Å². The molecule has 6 heteroatoms. The fourth-order valence-electron chi connectivity index (χ4n) is 4.56. The van der Waals surface area contributed by atoms with Crippen molar-refractivity contribution in [3.05, 3.63) is 52.8 Å². The number of hydrogen-bond acceptors (Lipinski definition) is 3. The second-order valence-corrected chi connectivity index (χ2v) is 8.32. The normalized spacial score (nSPS) is 21.7. The molecule has 5 nitrogen and oxygen atoms in total. The lowest BCUT2D eigenvalue weighted by Gasteiger charge is -2.35. The maximum atomic E-state index is 12.6. The van der Waals surface area contributed by atoms with Crippen LogP contribution in [0.5, 0.6) is 0 Å². The molecular formula is C21H27ClN4O. The van der Waals surface area contributed by atoms with Gasteiger partial charge in [0.15, 0.2) is 0 Å². The third-order valence-electron chi connectivity index (χ3n) is 6.16. The van der Waals surface area contributed by atoms with Gasteiger partial charge in [-0.2, -0.15) is 5.10 Å². The van der Waals surface area contributed by atoms with Crippen molar-refractivity contribution < 1.29 is 4.79 Å². The maximum Gasteiger partial charge on any atom is 0.272 e. The van der Waals surface area contributed by atoms with Gasteiger partial charge in [0, 0.05) is 44.4 Å². The standard InChI is InChI=1S/C21H27ClN4O/c1-24-20(6-10-23-24)21(27)26-12-8-17(9-13-26)18-7-11-25(15-18)14-16-2-4-19(22)5-3-16/h2-6,10,17-18H,7-9,11-15H2,1H3. The Morgan fingerprint density at radius 3 is 2.44 bits per heavy atom. The molecule has 1 unspecified atom stereocenters. The molecule has 0 bridgehead atoms. The molecule has 2 aliphatic heterocycles. The first-order valence-corrected chi connectivity index (χ1v) is 10.2. The average Bonchev–Trinajstić information content (AvgIpc) is 3.32. The van der Waals surface area contributed by atoms with Crippen molar-refractivity contribution in [2.75, 3.05) is 26.2 Å². The van der Waals surface area contributed by atoms with Crippen molar-refractivity contribution >= 4 is 17.5 Å². The Balaban J connectivity index is 1.27. The minimum atomic E-state index is 0.115. The van der Waals surface area contributed by atoms with Crippen molar-refractivity contribution in [3.63, 3.8) is 0 Å². The van der Waals surface area contributed by atoms with Crippen LogP contribution < -0.4 is 0 Å². The fraction of sp³-hybridized carbons (Fsp3) is 0.524. The van der Waals surface area contributed by atoms with Gasteiger partial charge in [0.25, 0.3) is 5.91 Å². The highest BCUT2D eigenvalue weighted by atomic mass is 35.5. The molecule has 3 heterocycles. The van der Waals surface area contributed by atoms with E-state index >= 15 is 0 Å². The lowest BCUT2D eigenvalue weighted by atomic mass is 9.83. The first-order chi connectivity index (χ1) is 13.1. The van der Waals surface area contributed by atoms with Crippen LogP contribution in [0, 0.1) is 11.8 Å². The van der Waals surface area contributed by atoms with E-state index in [2.05, 4.69) is 22.1 Å². The van der Waals surface area contributed by atoms with Gasteiger partial charge in [-0.05, 0) is 61.4 Å². The SMILES string of the molecule is Cn1nccc1C(=O)N1CCC(C2CCN(Cc3ccc(Cl)cc3)C2)CC1. The van der Waals surface area contributed by atoms with Crippen molar-refractivity contribution in [3.8, 4) is 0 Å². The van der Waals surface area contributed by atoms with Gasteiger partial charge in [0.2, 0.25) is 0 Å². The molecule has 2 saturated heterocycles. The molecular weight excluding hydrogens is 360 g/mol. The largest absolute Gasteiger partial charge is 0.337 e. The molecule has 27 heavy (non-hydrogen) atoms. The van der Waals surface area contributed by atoms with Gasteiger partial charge in [-0.15, -0.1) is 0 Å². The molecule has 0 radical (unpaired) electrons. The molecule has 0 spiro atoms. The molecule has 1 amide bonds. The summed E-state index contributed by atoms with van der Waals surface area (Å²) in [6.07, 6.45) is 5.19. The van der Waals surface area contributed by atoms with Crippen LogP contribution in [-0.4, -0.2) is 51.7 Å². The zero-order valence-corrected chi connectivity index (χ0v) is 16.6. The van der Waals surface area contributed by atoms with Crippen molar-refractivity contribution in [1.29, 1.82) is 0 Å². The molecule has 2 aromatic rings. The predicted molar refractivity (Wildman–Crippen MR) is 107 cm³/mol. The minimum absolute atomic E-state index is 0.115. The van der Waals surface area contributed by atoms with Gasteiger partial charge < -0.3 is 4.90 Å². The zero-order chi connectivity index (χ0) is 18.8. The Hall–Kier alpha value is -1.85.